The highest BCUT2D eigenvalue weighted by atomic mass is 16.6. The van der Waals surface area contributed by atoms with Gasteiger partial charge < -0.3 is 19.4 Å². The van der Waals surface area contributed by atoms with Crippen LogP contribution in [0.4, 0.5) is 4.79 Å². The van der Waals surface area contributed by atoms with Crippen molar-refractivity contribution in [3.05, 3.63) is 35.8 Å². The van der Waals surface area contributed by atoms with Gasteiger partial charge in [0.05, 0.1) is 17.4 Å². The third-order valence-corrected chi connectivity index (χ3v) is 5.96. The summed E-state index contributed by atoms with van der Waals surface area (Å²) in [5, 5.41) is 3.21. The van der Waals surface area contributed by atoms with Crippen LogP contribution in [0, 0.1) is 24.7 Å². The number of carbonyl (C=O) groups excluding carboxylic acids is 2. The fourth-order valence-corrected chi connectivity index (χ4v) is 4.46. The number of aromatic nitrogens is 2. The summed E-state index contributed by atoms with van der Waals surface area (Å²) in [5.41, 5.74) is 1.90. The van der Waals surface area contributed by atoms with E-state index in [1.807, 2.05) is 70.5 Å². The number of pyridine rings is 1. The maximum absolute atomic E-state index is 13.0. The first kappa shape index (κ1) is 19.7. The Labute approximate surface area is 171 Å². The average molecular weight is 399 g/mol. The number of likely N-dealkylation sites (tertiary alicyclic amines) is 1. The Bertz CT molecular complexity index is 960. The van der Waals surface area contributed by atoms with E-state index >= 15 is 0 Å². The third-order valence-electron chi connectivity index (χ3n) is 5.96. The summed E-state index contributed by atoms with van der Waals surface area (Å²) in [4.78, 5) is 31.4. The van der Waals surface area contributed by atoms with E-state index in [1.54, 1.807) is 4.90 Å². The minimum absolute atomic E-state index is 0.0334. The number of piperidine rings is 1. The van der Waals surface area contributed by atoms with Crippen molar-refractivity contribution in [3.63, 3.8) is 0 Å². The zero-order chi connectivity index (χ0) is 21.1. The molecule has 1 saturated carbocycles. The molecule has 1 aliphatic heterocycles. The fraction of sp³-hybridized carbons (Fsp3) is 0.591. The monoisotopic (exact) mass is 398 g/mol. The number of imidazole rings is 1. The lowest BCUT2D eigenvalue weighted by Gasteiger charge is -2.28. The second-order valence-corrected chi connectivity index (χ2v) is 9.88. The standard InChI is InChI=1S/C22H30N4O3/c1-13-8-7-9-26-16(10-23-18(13)26)22(5,6)24-19(27)17-14-11-25(12-15(14)17)20(28)29-21(2,3)4/h7-10,14-15,17H,11-12H2,1-6H3,(H,24,27)/t14-,15+,17+. The minimum atomic E-state index is -0.550. The number of aryl methyl sites for hydroxylation is 1. The number of carbonyl (C=O) groups is 2. The molecule has 0 unspecified atom stereocenters. The molecule has 156 valence electrons. The van der Waals surface area contributed by atoms with Crippen molar-refractivity contribution in [2.75, 3.05) is 13.1 Å². The number of hydrogen-bond donors (Lipinski definition) is 1. The quantitative estimate of drug-likeness (QED) is 0.862. The van der Waals surface area contributed by atoms with E-state index in [2.05, 4.69) is 10.3 Å². The minimum Gasteiger partial charge on any atom is -0.444 e. The number of hydrogen-bond acceptors (Lipinski definition) is 4. The van der Waals surface area contributed by atoms with Gasteiger partial charge in [0.2, 0.25) is 5.91 Å². The van der Waals surface area contributed by atoms with Crippen molar-refractivity contribution in [1.29, 1.82) is 0 Å². The summed E-state index contributed by atoms with van der Waals surface area (Å²) >= 11 is 0. The molecule has 29 heavy (non-hydrogen) atoms. The number of nitrogens with zero attached hydrogens (tertiary/aromatic N) is 3. The van der Waals surface area contributed by atoms with Crippen LogP contribution in [0.15, 0.2) is 24.5 Å². The molecule has 2 aromatic heterocycles. The van der Waals surface area contributed by atoms with E-state index in [0.717, 1.165) is 16.9 Å². The lowest BCUT2D eigenvalue weighted by Crippen LogP contribution is -2.44. The maximum atomic E-state index is 13.0. The van der Waals surface area contributed by atoms with Gasteiger partial charge in [-0.2, -0.15) is 0 Å². The molecule has 4 rings (SSSR count). The molecule has 2 aliphatic rings. The van der Waals surface area contributed by atoms with Gasteiger partial charge in [-0.25, -0.2) is 9.78 Å². The zero-order valence-corrected chi connectivity index (χ0v) is 18.0. The van der Waals surface area contributed by atoms with Crippen molar-refractivity contribution >= 4 is 17.6 Å². The molecule has 3 atom stereocenters. The van der Waals surface area contributed by atoms with Crippen molar-refractivity contribution in [1.82, 2.24) is 19.6 Å². The largest absolute Gasteiger partial charge is 0.444 e. The Morgan fingerprint density at radius 3 is 2.45 bits per heavy atom. The highest BCUT2D eigenvalue weighted by molar-refractivity contribution is 5.84. The fourth-order valence-electron chi connectivity index (χ4n) is 4.46. The highest BCUT2D eigenvalue weighted by Gasteiger charge is 2.61. The third kappa shape index (κ3) is 3.58. The number of amides is 2. The second-order valence-electron chi connectivity index (χ2n) is 9.88. The Hall–Kier alpha value is -2.57. The molecule has 7 nitrogen and oxygen atoms in total. The van der Waals surface area contributed by atoms with E-state index in [9.17, 15) is 9.59 Å². The van der Waals surface area contributed by atoms with Crippen LogP contribution in [-0.2, 0) is 15.1 Å². The molecule has 2 aromatic rings. The van der Waals surface area contributed by atoms with Crippen LogP contribution in [0.2, 0.25) is 0 Å². The van der Waals surface area contributed by atoms with Crippen molar-refractivity contribution in [2.24, 2.45) is 17.8 Å². The van der Waals surface area contributed by atoms with Gasteiger partial charge in [-0.3, -0.25) is 4.79 Å². The topological polar surface area (TPSA) is 75.9 Å². The van der Waals surface area contributed by atoms with Crippen molar-refractivity contribution in [2.45, 2.75) is 52.7 Å². The number of fused-ring (bicyclic) bond motifs is 2. The van der Waals surface area contributed by atoms with Crippen LogP contribution >= 0.6 is 0 Å². The van der Waals surface area contributed by atoms with Crippen molar-refractivity contribution in [3.8, 4) is 0 Å². The summed E-state index contributed by atoms with van der Waals surface area (Å²) in [6.07, 6.45) is 3.52. The normalized spacial score (nSPS) is 23.8. The van der Waals surface area contributed by atoms with Crippen LogP contribution in [0.5, 0.6) is 0 Å². The Balaban J connectivity index is 1.40. The zero-order valence-electron chi connectivity index (χ0n) is 18.0. The molecule has 2 amide bonds. The lowest BCUT2D eigenvalue weighted by molar-refractivity contribution is -0.125. The Kier molecular flexibility index (Phi) is 4.40. The second kappa shape index (κ2) is 6.47. The van der Waals surface area contributed by atoms with Crippen LogP contribution in [0.25, 0.3) is 5.65 Å². The van der Waals surface area contributed by atoms with Gasteiger partial charge in [-0.05, 0) is 65.0 Å². The van der Waals surface area contributed by atoms with Crippen molar-refractivity contribution < 1.29 is 14.3 Å². The molecular formula is C22H30N4O3. The Morgan fingerprint density at radius 1 is 1.17 bits per heavy atom. The van der Waals surface area contributed by atoms with Gasteiger partial charge in [0.1, 0.15) is 11.2 Å². The molecule has 0 bridgehead atoms. The molecule has 1 aliphatic carbocycles. The maximum Gasteiger partial charge on any atom is 0.410 e. The molecule has 2 fully saturated rings. The molecule has 0 radical (unpaired) electrons. The molecule has 7 heteroatoms. The van der Waals surface area contributed by atoms with Gasteiger partial charge >= 0.3 is 6.09 Å². The predicted octanol–water partition coefficient (Wildman–Crippen LogP) is 3.11. The molecule has 0 aromatic carbocycles. The predicted molar refractivity (Wildman–Crippen MR) is 109 cm³/mol. The van der Waals surface area contributed by atoms with E-state index in [0.29, 0.717) is 13.1 Å². The lowest BCUT2D eigenvalue weighted by atomic mass is 10.0. The van der Waals surface area contributed by atoms with E-state index in [4.69, 9.17) is 4.74 Å². The van der Waals surface area contributed by atoms with Gasteiger partial charge in [-0.1, -0.05) is 6.07 Å². The van der Waals surface area contributed by atoms with Crippen LogP contribution in [0.1, 0.15) is 45.9 Å². The summed E-state index contributed by atoms with van der Waals surface area (Å²) in [5.74, 6) is 0.468. The van der Waals surface area contributed by atoms with E-state index < -0.39 is 11.1 Å². The number of ether oxygens (including phenoxy) is 1. The molecule has 3 heterocycles. The smallest absolute Gasteiger partial charge is 0.410 e. The number of nitrogens with one attached hydrogen (secondary N) is 1. The highest BCUT2D eigenvalue weighted by Crippen LogP contribution is 2.52. The Morgan fingerprint density at radius 2 is 1.83 bits per heavy atom. The van der Waals surface area contributed by atoms with E-state index in [-0.39, 0.29) is 29.8 Å². The summed E-state index contributed by atoms with van der Waals surface area (Å²) < 4.78 is 7.48. The van der Waals surface area contributed by atoms with Crippen LogP contribution in [-0.4, -0.2) is 45.0 Å². The number of rotatable bonds is 3. The first-order valence-electron chi connectivity index (χ1n) is 10.2. The van der Waals surface area contributed by atoms with Gasteiger partial charge in [-0.15, -0.1) is 0 Å². The molecular weight excluding hydrogens is 368 g/mol. The molecule has 1 N–H and O–H groups in total. The first-order valence-corrected chi connectivity index (χ1v) is 10.2. The molecule has 0 spiro atoms. The van der Waals surface area contributed by atoms with Crippen LogP contribution in [0.3, 0.4) is 0 Å². The summed E-state index contributed by atoms with van der Waals surface area (Å²) in [6, 6.07) is 4.02. The van der Waals surface area contributed by atoms with E-state index in [1.165, 1.54) is 0 Å². The summed E-state index contributed by atoms with van der Waals surface area (Å²) in [6.45, 7) is 12.8. The summed E-state index contributed by atoms with van der Waals surface area (Å²) in [7, 11) is 0. The van der Waals surface area contributed by atoms with Crippen LogP contribution < -0.4 is 5.32 Å². The van der Waals surface area contributed by atoms with Gasteiger partial charge in [0.15, 0.2) is 0 Å². The van der Waals surface area contributed by atoms with Gasteiger partial charge in [0.25, 0.3) is 0 Å². The SMILES string of the molecule is Cc1cccn2c(C(C)(C)NC(=O)[C@H]3[C@@H]4CN(C(=O)OC(C)(C)C)C[C@@H]43)cnc12. The first-order chi connectivity index (χ1) is 13.5. The van der Waals surface area contributed by atoms with Gasteiger partial charge in [0, 0.05) is 25.2 Å². The average Bonchev–Trinajstić information content (AvgIpc) is 2.96. The molecule has 1 saturated heterocycles.